The smallest absolute Gasteiger partial charge is 0.272 e. The fourth-order valence-electron chi connectivity index (χ4n) is 2.37. The molecule has 2 rings (SSSR count). The lowest BCUT2D eigenvalue weighted by Gasteiger charge is -2.34. The van der Waals surface area contributed by atoms with Gasteiger partial charge < -0.3 is 5.32 Å². The summed E-state index contributed by atoms with van der Waals surface area (Å²) in [5.74, 6) is 0.134. The zero-order valence-electron chi connectivity index (χ0n) is 11.1. The number of nitrogens with zero attached hydrogens (tertiary/aromatic N) is 2. The average Bonchev–Trinajstić information content (AvgIpc) is 2.44. The van der Waals surface area contributed by atoms with Gasteiger partial charge in [0.15, 0.2) is 0 Å². The Morgan fingerprint density at radius 3 is 2.70 bits per heavy atom. The Kier molecular flexibility index (Phi) is 4.52. The molecule has 0 aliphatic heterocycles. The molecule has 0 aromatic carbocycles. The van der Waals surface area contributed by atoms with Gasteiger partial charge in [-0.2, -0.15) is 5.26 Å². The second-order valence-corrected chi connectivity index (χ2v) is 6.09. The van der Waals surface area contributed by atoms with E-state index in [4.69, 9.17) is 23.2 Å². The maximum absolute atomic E-state index is 12.3. The van der Waals surface area contributed by atoms with Crippen molar-refractivity contribution in [2.45, 2.75) is 38.1 Å². The highest BCUT2D eigenvalue weighted by atomic mass is 35.5. The van der Waals surface area contributed by atoms with Crippen LogP contribution in [0.25, 0.3) is 0 Å². The molecule has 6 heteroatoms. The van der Waals surface area contributed by atoms with Gasteiger partial charge in [-0.15, -0.1) is 0 Å². The summed E-state index contributed by atoms with van der Waals surface area (Å²) in [5, 5.41) is 12.6. The van der Waals surface area contributed by atoms with Crippen LogP contribution in [-0.4, -0.2) is 16.4 Å². The number of amides is 1. The third-order valence-electron chi connectivity index (χ3n) is 3.72. The predicted octanol–water partition coefficient (Wildman–Crippen LogP) is 3.59. The van der Waals surface area contributed by atoms with Crippen LogP contribution in [0.1, 0.15) is 43.1 Å². The minimum atomic E-state index is -0.823. The van der Waals surface area contributed by atoms with Crippen molar-refractivity contribution < 1.29 is 4.79 Å². The number of aromatic nitrogens is 1. The van der Waals surface area contributed by atoms with Gasteiger partial charge >= 0.3 is 0 Å². The van der Waals surface area contributed by atoms with Crippen molar-refractivity contribution in [1.29, 1.82) is 5.26 Å². The lowest BCUT2D eigenvalue weighted by molar-refractivity contribution is 0.0889. The Morgan fingerprint density at radius 2 is 2.10 bits per heavy atom. The molecule has 1 saturated carbocycles. The number of nitrogens with one attached hydrogen (secondary N) is 1. The van der Waals surface area contributed by atoms with E-state index in [1.54, 1.807) is 0 Å². The maximum Gasteiger partial charge on any atom is 0.272 e. The SMILES string of the molecule is CC1CCC(C#N)(NC(=O)c2nc(Cl)ccc2Cl)CC1. The summed E-state index contributed by atoms with van der Waals surface area (Å²) < 4.78 is 0. The summed E-state index contributed by atoms with van der Waals surface area (Å²) in [6.07, 6.45) is 3.14. The van der Waals surface area contributed by atoms with Crippen molar-refractivity contribution in [2.75, 3.05) is 0 Å². The van der Waals surface area contributed by atoms with Crippen LogP contribution >= 0.6 is 23.2 Å². The fourth-order valence-corrected chi connectivity index (χ4v) is 2.71. The molecule has 0 atom stereocenters. The van der Waals surface area contributed by atoms with Crippen LogP contribution in [0.4, 0.5) is 0 Å². The second kappa shape index (κ2) is 5.99. The summed E-state index contributed by atoms with van der Waals surface area (Å²) in [5.41, 5.74) is -0.760. The topological polar surface area (TPSA) is 65.8 Å². The number of rotatable bonds is 2. The van der Waals surface area contributed by atoms with E-state index in [9.17, 15) is 10.1 Å². The number of hydrogen-bond donors (Lipinski definition) is 1. The third-order valence-corrected chi connectivity index (χ3v) is 4.24. The van der Waals surface area contributed by atoms with E-state index >= 15 is 0 Å². The summed E-state index contributed by atoms with van der Waals surface area (Å²) >= 11 is 11.7. The molecule has 0 unspecified atom stereocenters. The van der Waals surface area contributed by atoms with Gasteiger partial charge in [-0.05, 0) is 43.7 Å². The molecule has 0 radical (unpaired) electrons. The van der Waals surface area contributed by atoms with Gasteiger partial charge in [-0.3, -0.25) is 4.79 Å². The molecule has 1 aromatic heterocycles. The summed E-state index contributed by atoms with van der Waals surface area (Å²) in [6.45, 7) is 2.15. The first-order valence-corrected chi connectivity index (χ1v) is 7.27. The first kappa shape index (κ1) is 15.1. The van der Waals surface area contributed by atoms with E-state index in [2.05, 4.69) is 23.3 Å². The fraction of sp³-hybridized carbons (Fsp3) is 0.500. The molecule has 0 saturated heterocycles. The normalized spacial score (nSPS) is 25.8. The van der Waals surface area contributed by atoms with Crippen molar-refractivity contribution >= 4 is 29.1 Å². The standard InChI is InChI=1S/C14H15Cl2N3O/c1-9-4-6-14(8-17,7-5-9)19-13(20)12-10(15)2-3-11(16)18-12/h2-3,9H,4-7H2,1H3,(H,19,20). The molecule has 1 aliphatic carbocycles. The monoisotopic (exact) mass is 311 g/mol. The molecule has 1 fully saturated rings. The number of carbonyl (C=O) groups is 1. The highest BCUT2D eigenvalue weighted by molar-refractivity contribution is 6.34. The molecule has 0 spiro atoms. The molecule has 20 heavy (non-hydrogen) atoms. The van der Waals surface area contributed by atoms with Gasteiger partial charge in [0.05, 0.1) is 11.1 Å². The van der Waals surface area contributed by atoms with Crippen LogP contribution in [0.15, 0.2) is 12.1 Å². The molecule has 1 aromatic rings. The van der Waals surface area contributed by atoms with Crippen molar-refractivity contribution in [3.8, 4) is 6.07 Å². The predicted molar refractivity (Wildman–Crippen MR) is 77.7 cm³/mol. The van der Waals surface area contributed by atoms with Gasteiger partial charge in [-0.1, -0.05) is 30.1 Å². The van der Waals surface area contributed by atoms with E-state index < -0.39 is 11.4 Å². The second-order valence-electron chi connectivity index (χ2n) is 5.29. The highest BCUT2D eigenvalue weighted by Crippen LogP contribution is 2.32. The number of pyridine rings is 1. The van der Waals surface area contributed by atoms with Crippen LogP contribution in [0.3, 0.4) is 0 Å². The minimum absolute atomic E-state index is 0.0624. The van der Waals surface area contributed by atoms with Crippen LogP contribution < -0.4 is 5.32 Å². The van der Waals surface area contributed by atoms with Crippen LogP contribution in [-0.2, 0) is 0 Å². The number of hydrogen-bond acceptors (Lipinski definition) is 3. The zero-order chi connectivity index (χ0) is 14.8. The van der Waals surface area contributed by atoms with Crippen molar-refractivity contribution in [1.82, 2.24) is 10.3 Å². The quantitative estimate of drug-likeness (QED) is 0.849. The van der Waals surface area contributed by atoms with Crippen LogP contribution in [0, 0.1) is 17.2 Å². The molecule has 4 nitrogen and oxygen atoms in total. The molecule has 1 amide bonds. The first-order valence-electron chi connectivity index (χ1n) is 6.51. The average molecular weight is 312 g/mol. The first-order chi connectivity index (χ1) is 9.46. The Hall–Kier alpha value is -1.31. The van der Waals surface area contributed by atoms with Gasteiger partial charge in [0, 0.05) is 0 Å². The Morgan fingerprint density at radius 1 is 1.45 bits per heavy atom. The van der Waals surface area contributed by atoms with E-state index in [1.807, 2.05) is 0 Å². The van der Waals surface area contributed by atoms with E-state index in [-0.39, 0.29) is 15.9 Å². The van der Waals surface area contributed by atoms with Crippen molar-refractivity contribution in [3.05, 3.63) is 28.0 Å². The molecule has 0 bridgehead atoms. The van der Waals surface area contributed by atoms with Gasteiger partial charge in [0.25, 0.3) is 5.91 Å². The summed E-state index contributed by atoms with van der Waals surface area (Å²) in [6, 6.07) is 5.28. The van der Waals surface area contributed by atoms with Crippen molar-refractivity contribution in [2.24, 2.45) is 5.92 Å². The number of carbonyl (C=O) groups excluding carboxylic acids is 1. The minimum Gasteiger partial charge on any atom is -0.332 e. The zero-order valence-corrected chi connectivity index (χ0v) is 12.6. The molecule has 1 heterocycles. The van der Waals surface area contributed by atoms with E-state index in [0.717, 1.165) is 12.8 Å². The van der Waals surface area contributed by atoms with E-state index in [1.165, 1.54) is 12.1 Å². The van der Waals surface area contributed by atoms with Gasteiger partial charge in [0.1, 0.15) is 16.4 Å². The lowest BCUT2D eigenvalue weighted by atomic mass is 9.78. The largest absolute Gasteiger partial charge is 0.332 e. The van der Waals surface area contributed by atoms with Crippen molar-refractivity contribution in [3.63, 3.8) is 0 Å². The van der Waals surface area contributed by atoms with Gasteiger partial charge in [0.2, 0.25) is 0 Å². The molecular weight excluding hydrogens is 297 g/mol. The molecular formula is C14H15Cl2N3O. The van der Waals surface area contributed by atoms with Crippen LogP contribution in [0.5, 0.6) is 0 Å². The molecule has 1 N–H and O–H groups in total. The third kappa shape index (κ3) is 3.23. The Balaban J connectivity index is 2.18. The maximum atomic E-state index is 12.3. The summed E-state index contributed by atoms with van der Waals surface area (Å²) in [7, 11) is 0. The number of nitriles is 1. The number of halogens is 2. The summed E-state index contributed by atoms with van der Waals surface area (Å²) in [4.78, 5) is 16.2. The Bertz CT molecular complexity index is 560. The molecule has 1 aliphatic rings. The molecule has 106 valence electrons. The Labute approximate surface area is 128 Å². The van der Waals surface area contributed by atoms with Gasteiger partial charge in [-0.25, -0.2) is 4.98 Å². The highest BCUT2D eigenvalue weighted by Gasteiger charge is 2.36. The van der Waals surface area contributed by atoms with Crippen LogP contribution in [0.2, 0.25) is 10.2 Å². The lowest BCUT2D eigenvalue weighted by Crippen LogP contribution is -2.49. The van der Waals surface area contributed by atoms with E-state index in [0.29, 0.717) is 18.8 Å².